The standard InChI is InChI=1S/C9H17NO3/c11-6-2-1-4-10-5-3-7(12)9(13)8(6)10/h6-9,11-13H,1-5H2/t6-,7+,8-,9+/m1/s1. The summed E-state index contributed by atoms with van der Waals surface area (Å²) in [6, 6.07) is -0.238. The molecule has 4 atom stereocenters. The summed E-state index contributed by atoms with van der Waals surface area (Å²) in [4.78, 5) is 2.09. The third-order valence-electron chi connectivity index (χ3n) is 3.22. The fourth-order valence-corrected chi connectivity index (χ4v) is 2.47. The summed E-state index contributed by atoms with van der Waals surface area (Å²) < 4.78 is 0. The average Bonchev–Trinajstić information content (AvgIpc) is 2.12. The third kappa shape index (κ3) is 1.59. The molecule has 3 N–H and O–H groups in total. The van der Waals surface area contributed by atoms with E-state index in [-0.39, 0.29) is 6.04 Å². The number of nitrogens with zero attached hydrogens (tertiary/aromatic N) is 1. The second-order valence-corrected chi connectivity index (χ2v) is 4.08. The van der Waals surface area contributed by atoms with Crippen LogP contribution in [0.25, 0.3) is 0 Å². The zero-order chi connectivity index (χ0) is 9.42. The molecule has 0 aliphatic carbocycles. The maximum absolute atomic E-state index is 9.69. The summed E-state index contributed by atoms with van der Waals surface area (Å²) in [6.07, 6.45) is 0.437. The first-order valence-corrected chi connectivity index (χ1v) is 4.98. The molecule has 0 unspecified atom stereocenters. The third-order valence-corrected chi connectivity index (χ3v) is 3.22. The fourth-order valence-electron chi connectivity index (χ4n) is 2.47. The Bertz CT molecular complexity index is 186. The van der Waals surface area contributed by atoms with Crippen molar-refractivity contribution >= 4 is 0 Å². The van der Waals surface area contributed by atoms with Crippen molar-refractivity contribution in [2.24, 2.45) is 0 Å². The first kappa shape index (κ1) is 9.40. The van der Waals surface area contributed by atoms with E-state index < -0.39 is 18.3 Å². The minimum absolute atomic E-state index is 0.238. The van der Waals surface area contributed by atoms with Gasteiger partial charge in [0.2, 0.25) is 0 Å². The van der Waals surface area contributed by atoms with E-state index >= 15 is 0 Å². The Labute approximate surface area is 77.8 Å². The summed E-state index contributed by atoms with van der Waals surface area (Å²) in [7, 11) is 0. The second-order valence-electron chi connectivity index (χ2n) is 4.08. The predicted octanol–water partition coefficient (Wildman–Crippen LogP) is -1.06. The van der Waals surface area contributed by atoms with Gasteiger partial charge < -0.3 is 15.3 Å². The quantitative estimate of drug-likeness (QED) is 0.452. The average molecular weight is 187 g/mol. The molecular formula is C9H17NO3. The van der Waals surface area contributed by atoms with Crippen LogP contribution in [0.15, 0.2) is 0 Å². The normalized spacial score (nSPS) is 47.3. The van der Waals surface area contributed by atoms with Gasteiger partial charge in [-0.1, -0.05) is 0 Å². The molecule has 0 saturated carbocycles. The van der Waals surface area contributed by atoms with Crippen LogP contribution in [-0.4, -0.2) is 57.7 Å². The molecule has 0 radical (unpaired) electrons. The van der Waals surface area contributed by atoms with Crippen LogP contribution in [0.5, 0.6) is 0 Å². The zero-order valence-corrected chi connectivity index (χ0v) is 7.63. The van der Waals surface area contributed by atoms with Crippen molar-refractivity contribution < 1.29 is 15.3 Å². The molecule has 2 fully saturated rings. The molecular weight excluding hydrogens is 170 g/mol. The van der Waals surface area contributed by atoms with Gasteiger partial charge in [-0.05, 0) is 25.8 Å². The lowest BCUT2D eigenvalue weighted by atomic mass is 9.87. The maximum Gasteiger partial charge on any atom is 0.0979 e. The minimum Gasteiger partial charge on any atom is -0.391 e. The second kappa shape index (κ2) is 3.53. The molecule has 2 rings (SSSR count). The molecule has 76 valence electrons. The molecule has 0 bridgehead atoms. The number of hydrogen-bond donors (Lipinski definition) is 3. The van der Waals surface area contributed by atoms with Gasteiger partial charge in [0.25, 0.3) is 0 Å². The Hall–Kier alpha value is -0.160. The van der Waals surface area contributed by atoms with Crippen molar-refractivity contribution in [2.45, 2.75) is 43.6 Å². The summed E-state index contributed by atoms with van der Waals surface area (Å²) in [5.74, 6) is 0. The highest BCUT2D eigenvalue weighted by molar-refractivity contribution is 4.96. The van der Waals surface area contributed by atoms with Crippen molar-refractivity contribution in [1.82, 2.24) is 4.90 Å². The molecule has 13 heavy (non-hydrogen) atoms. The van der Waals surface area contributed by atoms with Crippen LogP contribution in [0, 0.1) is 0 Å². The van der Waals surface area contributed by atoms with Gasteiger partial charge in [0.1, 0.15) is 0 Å². The van der Waals surface area contributed by atoms with Gasteiger partial charge in [-0.3, -0.25) is 4.90 Å². The molecule has 0 aromatic rings. The van der Waals surface area contributed by atoms with Crippen molar-refractivity contribution in [1.29, 1.82) is 0 Å². The first-order chi connectivity index (χ1) is 6.20. The molecule has 0 aromatic carbocycles. The summed E-state index contributed by atoms with van der Waals surface area (Å²) >= 11 is 0. The highest BCUT2D eigenvalue weighted by atomic mass is 16.3. The van der Waals surface area contributed by atoms with Crippen LogP contribution in [0.2, 0.25) is 0 Å². The summed E-state index contributed by atoms with van der Waals surface area (Å²) in [6.45, 7) is 1.73. The Morgan fingerprint density at radius 2 is 1.69 bits per heavy atom. The number of aliphatic hydroxyl groups excluding tert-OH is 3. The van der Waals surface area contributed by atoms with Gasteiger partial charge in [0, 0.05) is 6.54 Å². The van der Waals surface area contributed by atoms with E-state index in [1.807, 2.05) is 0 Å². The largest absolute Gasteiger partial charge is 0.391 e. The Kier molecular flexibility index (Phi) is 2.55. The Morgan fingerprint density at radius 3 is 2.46 bits per heavy atom. The van der Waals surface area contributed by atoms with E-state index in [9.17, 15) is 15.3 Å². The summed E-state index contributed by atoms with van der Waals surface area (Å²) in [5, 5.41) is 28.8. The van der Waals surface area contributed by atoms with E-state index in [1.54, 1.807) is 0 Å². The minimum atomic E-state index is -0.774. The van der Waals surface area contributed by atoms with E-state index in [1.165, 1.54) is 0 Å². The number of rotatable bonds is 0. The van der Waals surface area contributed by atoms with Crippen LogP contribution in [0.4, 0.5) is 0 Å². The van der Waals surface area contributed by atoms with Crippen LogP contribution < -0.4 is 0 Å². The number of hydrogen-bond acceptors (Lipinski definition) is 4. The highest BCUT2D eigenvalue weighted by Crippen LogP contribution is 2.26. The lowest BCUT2D eigenvalue weighted by molar-refractivity contribution is -0.126. The lowest BCUT2D eigenvalue weighted by Gasteiger charge is -2.46. The molecule has 2 aliphatic rings. The van der Waals surface area contributed by atoms with E-state index in [0.717, 1.165) is 25.9 Å². The molecule has 0 spiro atoms. The Balaban J connectivity index is 2.10. The van der Waals surface area contributed by atoms with Crippen LogP contribution >= 0.6 is 0 Å². The van der Waals surface area contributed by atoms with Crippen LogP contribution in [-0.2, 0) is 0 Å². The van der Waals surface area contributed by atoms with E-state index in [0.29, 0.717) is 6.42 Å². The summed E-state index contributed by atoms with van der Waals surface area (Å²) in [5.41, 5.74) is 0. The highest BCUT2D eigenvalue weighted by Gasteiger charge is 2.41. The Morgan fingerprint density at radius 1 is 0.923 bits per heavy atom. The van der Waals surface area contributed by atoms with Gasteiger partial charge in [0.15, 0.2) is 0 Å². The van der Waals surface area contributed by atoms with Crippen molar-refractivity contribution in [2.75, 3.05) is 13.1 Å². The van der Waals surface area contributed by atoms with Gasteiger partial charge in [-0.2, -0.15) is 0 Å². The topological polar surface area (TPSA) is 63.9 Å². The number of piperidine rings is 2. The number of fused-ring (bicyclic) bond motifs is 1. The predicted molar refractivity (Wildman–Crippen MR) is 47.2 cm³/mol. The van der Waals surface area contributed by atoms with Gasteiger partial charge in [-0.15, -0.1) is 0 Å². The van der Waals surface area contributed by atoms with Crippen LogP contribution in [0.3, 0.4) is 0 Å². The molecule has 2 aliphatic heterocycles. The SMILES string of the molecule is O[C@@H]1[C@H]2[C@H](O)CCCN2CC[C@@H]1O. The number of aliphatic hydroxyl groups is 3. The molecule has 0 aromatic heterocycles. The fraction of sp³-hybridized carbons (Fsp3) is 1.00. The lowest BCUT2D eigenvalue weighted by Crippen LogP contribution is -2.61. The monoisotopic (exact) mass is 187 g/mol. The molecule has 2 saturated heterocycles. The smallest absolute Gasteiger partial charge is 0.0979 e. The molecule has 4 heteroatoms. The zero-order valence-electron chi connectivity index (χ0n) is 7.63. The van der Waals surface area contributed by atoms with Gasteiger partial charge in [-0.25, -0.2) is 0 Å². The van der Waals surface area contributed by atoms with E-state index in [4.69, 9.17) is 0 Å². The van der Waals surface area contributed by atoms with Gasteiger partial charge >= 0.3 is 0 Å². The molecule has 4 nitrogen and oxygen atoms in total. The van der Waals surface area contributed by atoms with E-state index in [2.05, 4.69) is 4.90 Å². The van der Waals surface area contributed by atoms with Crippen LogP contribution in [0.1, 0.15) is 19.3 Å². The first-order valence-electron chi connectivity index (χ1n) is 4.98. The van der Waals surface area contributed by atoms with Crippen molar-refractivity contribution in [3.63, 3.8) is 0 Å². The van der Waals surface area contributed by atoms with Crippen molar-refractivity contribution in [3.05, 3.63) is 0 Å². The molecule has 2 heterocycles. The van der Waals surface area contributed by atoms with Gasteiger partial charge in [0.05, 0.1) is 24.4 Å². The molecule has 0 amide bonds. The van der Waals surface area contributed by atoms with Crippen molar-refractivity contribution in [3.8, 4) is 0 Å². The maximum atomic E-state index is 9.69.